The first-order chi connectivity index (χ1) is 13.7. The number of furan rings is 1. The van der Waals surface area contributed by atoms with Crippen molar-refractivity contribution in [1.29, 1.82) is 5.26 Å². The van der Waals surface area contributed by atoms with E-state index in [1.807, 2.05) is 66.7 Å². The zero-order valence-corrected chi connectivity index (χ0v) is 14.8. The van der Waals surface area contributed by atoms with Gasteiger partial charge in [0, 0.05) is 16.3 Å². The molecule has 3 heteroatoms. The molecule has 5 aromatic rings. The van der Waals surface area contributed by atoms with Crippen LogP contribution in [0.15, 0.2) is 89.3 Å². The zero-order chi connectivity index (χ0) is 19.1. The standard InChI is InChI=1S/C25H14FNO/c26-25-19(15-27)7-4-9-20(25)18-6-3-5-16(13-18)17-11-12-24-22(14-17)21-8-1-2-10-23(21)28-24/h1-14H. The highest BCUT2D eigenvalue weighted by Gasteiger charge is 2.12. The van der Waals surface area contributed by atoms with Gasteiger partial charge in [-0.3, -0.25) is 0 Å². The Hall–Kier alpha value is -3.90. The number of halogens is 1. The lowest BCUT2D eigenvalue weighted by Gasteiger charge is -2.08. The molecule has 0 amide bonds. The molecule has 0 aliphatic rings. The lowest BCUT2D eigenvalue weighted by atomic mass is 9.97. The van der Waals surface area contributed by atoms with Crippen LogP contribution in [0, 0.1) is 17.1 Å². The predicted octanol–water partition coefficient (Wildman–Crippen LogP) is 6.93. The van der Waals surface area contributed by atoms with Crippen molar-refractivity contribution in [3.63, 3.8) is 0 Å². The molecule has 4 aromatic carbocycles. The molecule has 5 rings (SSSR count). The average molecular weight is 363 g/mol. The maximum absolute atomic E-state index is 14.6. The maximum Gasteiger partial charge on any atom is 0.148 e. The first-order valence-electron chi connectivity index (χ1n) is 8.95. The minimum atomic E-state index is -0.488. The van der Waals surface area contributed by atoms with Crippen molar-refractivity contribution in [2.45, 2.75) is 0 Å². The summed E-state index contributed by atoms with van der Waals surface area (Å²) in [7, 11) is 0. The Labute approximate surface area is 161 Å². The Morgan fingerprint density at radius 3 is 2.32 bits per heavy atom. The number of nitriles is 1. The first-order valence-corrected chi connectivity index (χ1v) is 8.95. The molecule has 1 heterocycles. The quantitative estimate of drug-likeness (QED) is 0.341. The number of fused-ring (bicyclic) bond motifs is 3. The van der Waals surface area contributed by atoms with Gasteiger partial charge in [-0.15, -0.1) is 0 Å². The number of benzene rings is 4. The molecular formula is C25H14FNO. The molecule has 0 N–H and O–H groups in total. The van der Waals surface area contributed by atoms with Crippen molar-refractivity contribution in [2.24, 2.45) is 0 Å². The van der Waals surface area contributed by atoms with Crippen molar-refractivity contribution in [2.75, 3.05) is 0 Å². The molecule has 132 valence electrons. The fraction of sp³-hybridized carbons (Fsp3) is 0. The highest BCUT2D eigenvalue weighted by molar-refractivity contribution is 6.06. The van der Waals surface area contributed by atoms with Crippen molar-refractivity contribution < 1.29 is 8.81 Å². The summed E-state index contributed by atoms with van der Waals surface area (Å²) >= 11 is 0. The third kappa shape index (κ3) is 2.55. The monoisotopic (exact) mass is 363 g/mol. The minimum Gasteiger partial charge on any atom is -0.456 e. The SMILES string of the molecule is N#Cc1cccc(-c2cccc(-c3ccc4oc5ccccc5c4c3)c2)c1F. The van der Waals surface area contributed by atoms with E-state index in [1.54, 1.807) is 12.1 Å². The highest BCUT2D eigenvalue weighted by Crippen LogP contribution is 2.34. The zero-order valence-electron chi connectivity index (χ0n) is 14.8. The minimum absolute atomic E-state index is 0.0502. The molecule has 0 saturated carbocycles. The Kier molecular flexibility index (Phi) is 3.70. The molecule has 0 radical (unpaired) electrons. The topological polar surface area (TPSA) is 36.9 Å². The summed E-state index contributed by atoms with van der Waals surface area (Å²) < 4.78 is 20.5. The molecule has 0 atom stereocenters. The van der Waals surface area contributed by atoms with Crippen LogP contribution in [-0.2, 0) is 0 Å². The van der Waals surface area contributed by atoms with Crippen LogP contribution in [0.3, 0.4) is 0 Å². The van der Waals surface area contributed by atoms with Gasteiger partial charge < -0.3 is 4.42 Å². The van der Waals surface area contributed by atoms with E-state index in [4.69, 9.17) is 9.68 Å². The molecule has 2 nitrogen and oxygen atoms in total. The van der Waals surface area contributed by atoms with Crippen molar-refractivity contribution in [1.82, 2.24) is 0 Å². The van der Waals surface area contributed by atoms with Crippen LogP contribution in [0.2, 0.25) is 0 Å². The van der Waals surface area contributed by atoms with Gasteiger partial charge in [-0.05, 0) is 47.0 Å². The third-order valence-corrected chi connectivity index (χ3v) is 5.00. The Morgan fingerprint density at radius 2 is 1.43 bits per heavy atom. The van der Waals surface area contributed by atoms with Crippen molar-refractivity contribution in [3.8, 4) is 28.3 Å². The van der Waals surface area contributed by atoms with Gasteiger partial charge in [0.1, 0.15) is 23.1 Å². The summed E-state index contributed by atoms with van der Waals surface area (Å²) in [5.74, 6) is -0.488. The van der Waals surface area contributed by atoms with Crippen LogP contribution in [-0.4, -0.2) is 0 Å². The molecule has 0 spiro atoms. The fourth-order valence-corrected chi connectivity index (χ4v) is 3.61. The summed E-state index contributed by atoms with van der Waals surface area (Å²) in [6.07, 6.45) is 0. The largest absolute Gasteiger partial charge is 0.456 e. The van der Waals surface area contributed by atoms with Gasteiger partial charge in [0.05, 0.1) is 5.56 Å². The molecule has 0 unspecified atom stereocenters. The number of rotatable bonds is 2. The summed E-state index contributed by atoms with van der Waals surface area (Å²) in [6.45, 7) is 0. The van der Waals surface area contributed by atoms with E-state index in [1.165, 1.54) is 6.07 Å². The Morgan fingerprint density at radius 1 is 0.679 bits per heavy atom. The second-order valence-corrected chi connectivity index (χ2v) is 6.67. The lowest BCUT2D eigenvalue weighted by Crippen LogP contribution is -1.89. The van der Waals surface area contributed by atoms with Gasteiger partial charge in [-0.1, -0.05) is 54.6 Å². The first kappa shape index (κ1) is 16.3. The van der Waals surface area contributed by atoms with Gasteiger partial charge in [-0.2, -0.15) is 5.26 Å². The normalized spacial score (nSPS) is 11.0. The lowest BCUT2D eigenvalue weighted by molar-refractivity contribution is 0.627. The van der Waals surface area contributed by atoms with E-state index >= 15 is 0 Å². The van der Waals surface area contributed by atoms with Gasteiger partial charge in [-0.25, -0.2) is 4.39 Å². The van der Waals surface area contributed by atoms with Gasteiger partial charge in [0.25, 0.3) is 0 Å². The van der Waals surface area contributed by atoms with Gasteiger partial charge in [0.2, 0.25) is 0 Å². The smallest absolute Gasteiger partial charge is 0.148 e. The summed E-state index contributed by atoms with van der Waals surface area (Å²) in [4.78, 5) is 0. The molecule has 0 fully saturated rings. The Bertz CT molecular complexity index is 1390. The van der Waals surface area contributed by atoms with Crippen LogP contribution >= 0.6 is 0 Å². The third-order valence-electron chi connectivity index (χ3n) is 5.00. The summed E-state index contributed by atoms with van der Waals surface area (Å²) in [5.41, 5.74) is 4.92. The second-order valence-electron chi connectivity index (χ2n) is 6.67. The van der Waals surface area contributed by atoms with Crippen LogP contribution in [0.25, 0.3) is 44.2 Å². The number of hydrogen-bond acceptors (Lipinski definition) is 2. The van der Waals surface area contributed by atoms with Gasteiger partial charge in [0.15, 0.2) is 0 Å². The van der Waals surface area contributed by atoms with E-state index in [9.17, 15) is 4.39 Å². The Balaban J connectivity index is 1.66. The van der Waals surface area contributed by atoms with Crippen molar-refractivity contribution in [3.05, 3.63) is 96.3 Å². The molecule has 0 saturated heterocycles. The maximum atomic E-state index is 14.6. The van der Waals surface area contributed by atoms with E-state index < -0.39 is 5.82 Å². The average Bonchev–Trinajstić information content (AvgIpc) is 3.12. The second kappa shape index (κ2) is 6.37. The molecule has 1 aromatic heterocycles. The van der Waals surface area contributed by atoms with Gasteiger partial charge >= 0.3 is 0 Å². The highest BCUT2D eigenvalue weighted by atomic mass is 19.1. The molecule has 28 heavy (non-hydrogen) atoms. The predicted molar refractivity (Wildman–Crippen MR) is 109 cm³/mol. The van der Waals surface area contributed by atoms with Crippen LogP contribution in [0.1, 0.15) is 5.56 Å². The van der Waals surface area contributed by atoms with E-state index in [-0.39, 0.29) is 5.56 Å². The van der Waals surface area contributed by atoms with Crippen LogP contribution in [0.5, 0.6) is 0 Å². The summed E-state index contributed by atoms with van der Waals surface area (Å²) in [5, 5.41) is 11.2. The number of para-hydroxylation sites is 1. The van der Waals surface area contributed by atoms with E-state index in [2.05, 4.69) is 6.07 Å². The molecule has 0 aliphatic carbocycles. The fourth-order valence-electron chi connectivity index (χ4n) is 3.61. The number of nitrogens with zero attached hydrogens (tertiary/aromatic N) is 1. The van der Waals surface area contributed by atoms with Crippen LogP contribution < -0.4 is 0 Å². The molecular weight excluding hydrogens is 349 g/mol. The van der Waals surface area contributed by atoms with E-state index in [0.717, 1.165) is 38.6 Å². The van der Waals surface area contributed by atoms with Crippen LogP contribution in [0.4, 0.5) is 4.39 Å². The molecule has 0 bridgehead atoms. The van der Waals surface area contributed by atoms with E-state index in [0.29, 0.717) is 5.56 Å². The number of hydrogen-bond donors (Lipinski definition) is 0. The molecule has 0 aliphatic heterocycles. The summed E-state index contributed by atoms with van der Waals surface area (Å²) in [6, 6.07) is 28.5. The van der Waals surface area contributed by atoms with Crippen molar-refractivity contribution >= 4 is 21.9 Å².